The highest BCUT2D eigenvalue weighted by molar-refractivity contribution is 5.96. The Kier molecular flexibility index (Phi) is 6.21. The maximum atomic E-state index is 15.3. The third kappa shape index (κ3) is 3.81. The summed E-state index contributed by atoms with van der Waals surface area (Å²) in [5, 5.41) is 22.6. The average molecular weight is 550 g/mol. The second kappa shape index (κ2) is 9.63. The third-order valence-electron chi connectivity index (χ3n) is 8.08. The normalized spacial score (nSPS) is 25.0. The molecule has 4 aromatic rings. The molecular weight excluding hydrogens is 524 g/mol. The number of piperidine rings is 1. The Hall–Kier alpha value is -4.45. The predicted molar refractivity (Wildman–Crippen MR) is 137 cm³/mol. The van der Waals surface area contributed by atoms with Crippen molar-refractivity contribution in [2.24, 2.45) is 0 Å². The van der Waals surface area contributed by atoms with Crippen molar-refractivity contribution in [2.75, 3.05) is 0 Å². The molecule has 1 saturated heterocycles. The molecule has 0 bridgehead atoms. The lowest BCUT2D eigenvalue weighted by molar-refractivity contribution is -0.181. The molecule has 4 heterocycles. The van der Waals surface area contributed by atoms with Crippen LogP contribution in [-0.2, 0) is 16.9 Å². The summed E-state index contributed by atoms with van der Waals surface area (Å²) < 4.78 is 30.9. The van der Waals surface area contributed by atoms with Crippen molar-refractivity contribution in [3.8, 4) is 0 Å². The minimum Gasteiger partial charge on any atom is -0.465 e. The van der Waals surface area contributed by atoms with E-state index in [1.54, 1.807) is 24.4 Å². The number of rotatable bonds is 3. The largest absolute Gasteiger partial charge is 0.465 e. The lowest BCUT2D eigenvalue weighted by Gasteiger charge is -2.50. The molecule has 1 aromatic carbocycles. The van der Waals surface area contributed by atoms with Crippen molar-refractivity contribution in [3.05, 3.63) is 93.8 Å². The van der Waals surface area contributed by atoms with Gasteiger partial charge in [0, 0.05) is 30.0 Å². The number of Topliss-reactive ketones (excluding diaryl/α,β-unsaturated/α-hetero) is 1. The van der Waals surface area contributed by atoms with Gasteiger partial charge in [0.25, 0.3) is 0 Å². The molecule has 0 spiro atoms. The molecule has 2 aliphatic rings. The standard InChI is InChI=1S/C28H25F2N5O5/c29-18-10-3-9-17(22(18)30)28(40)24(36)21(34-19-11-5-13-32-25(19)33-26(34)37)14-20(35(28)27(38)39)16-8-2-1-6-15-7-4-12-31-23(15)16/h3-5,7,9-13,16,20-21,40H,1-2,6,8,14H2,(H,38,39)(H,32,33,37)/t16?,20?,21?,28-/m1/s1. The van der Waals surface area contributed by atoms with Crippen molar-refractivity contribution >= 4 is 23.0 Å². The number of carbonyl (C=O) groups is 2. The van der Waals surface area contributed by atoms with Crippen LogP contribution in [0.5, 0.6) is 0 Å². The van der Waals surface area contributed by atoms with Gasteiger partial charge in [-0.1, -0.05) is 24.6 Å². The number of aliphatic hydroxyl groups is 1. The van der Waals surface area contributed by atoms with E-state index in [9.17, 15) is 29.0 Å². The van der Waals surface area contributed by atoms with Gasteiger partial charge in [-0.15, -0.1) is 0 Å². The van der Waals surface area contributed by atoms with Crippen LogP contribution in [0.2, 0.25) is 0 Å². The molecule has 6 rings (SSSR count). The number of nitrogens with zero attached hydrogens (tertiary/aromatic N) is 4. The Morgan fingerprint density at radius 2 is 1.82 bits per heavy atom. The van der Waals surface area contributed by atoms with Gasteiger partial charge in [0.15, 0.2) is 17.3 Å². The highest BCUT2D eigenvalue weighted by Crippen LogP contribution is 2.47. The Labute approximate surface area is 225 Å². The Morgan fingerprint density at radius 1 is 1.05 bits per heavy atom. The number of aryl methyl sites for hydroxylation is 1. The van der Waals surface area contributed by atoms with Gasteiger partial charge >= 0.3 is 11.8 Å². The van der Waals surface area contributed by atoms with Crippen LogP contribution >= 0.6 is 0 Å². The SMILES string of the molecule is O=C(O)N1C(C2CCCCc3cccnc32)CC(n2c(=O)[nH]c3ncccc32)C(=O)[C@]1(O)c1cccc(F)c1F. The van der Waals surface area contributed by atoms with Crippen LogP contribution in [0.4, 0.5) is 13.6 Å². The van der Waals surface area contributed by atoms with Crippen molar-refractivity contribution in [3.63, 3.8) is 0 Å². The Bertz CT molecular complexity index is 1700. The number of likely N-dealkylation sites (tertiary alicyclic amines) is 1. The van der Waals surface area contributed by atoms with Crippen LogP contribution in [0.25, 0.3) is 11.2 Å². The molecule has 3 N–H and O–H groups in total. The minimum atomic E-state index is -3.15. The fraction of sp³-hybridized carbons (Fsp3) is 0.321. The summed E-state index contributed by atoms with van der Waals surface area (Å²) in [5.74, 6) is -4.71. The monoisotopic (exact) mass is 549 g/mol. The van der Waals surface area contributed by atoms with E-state index in [1.165, 1.54) is 6.20 Å². The number of aromatic amines is 1. The van der Waals surface area contributed by atoms with Gasteiger partial charge in [-0.3, -0.25) is 24.2 Å². The summed E-state index contributed by atoms with van der Waals surface area (Å²) in [6.07, 6.45) is 3.81. The molecule has 10 nitrogen and oxygen atoms in total. The van der Waals surface area contributed by atoms with Gasteiger partial charge < -0.3 is 10.2 Å². The summed E-state index contributed by atoms with van der Waals surface area (Å²) in [5.41, 5.74) is -2.78. The Morgan fingerprint density at radius 3 is 2.62 bits per heavy atom. The average Bonchev–Trinajstić information content (AvgIpc) is 3.12. The van der Waals surface area contributed by atoms with Crippen molar-refractivity contribution in [2.45, 2.75) is 55.8 Å². The number of benzene rings is 1. The van der Waals surface area contributed by atoms with E-state index < -0.39 is 58.5 Å². The number of ketones is 1. The number of carbonyl (C=O) groups excluding carboxylic acids is 1. The first-order chi connectivity index (χ1) is 19.2. The van der Waals surface area contributed by atoms with Crippen LogP contribution in [0.1, 0.15) is 54.5 Å². The van der Waals surface area contributed by atoms with Crippen LogP contribution in [0, 0.1) is 11.6 Å². The number of aromatic nitrogens is 4. The number of pyridine rings is 2. The van der Waals surface area contributed by atoms with Crippen LogP contribution in [0.3, 0.4) is 0 Å². The van der Waals surface area contributed by atoms with Gasteiger partial charge in [0.2, 0.25) is 11.5 Å². The number of amides is 1. The summed E-state index contributed by atoms with van der Waals surface area (Å²) in [6.45, 7) is 0. The summed E-state index contributed by atoms with van der Waals surface area (Å²) in [6, 6.07) is 7.08. The van der Waals surface area contributed by atoms with Crippen molar-refractivity contribution in [1.29, 1.82) is 0 Å². The number of nitrogens with one attached hydrogen (secondary N) is 1. The fourth-order valence-electron chi connectivity index (χ4n) is 6.37. The molecule has 0 saturated carbocycles. The maximum Gasteiger partial charge on any atom is 0.410 e. The zero-order chi connectivity index (χ0) is 28.2. The first-order valence-corrected chi connectivity index (χ1v) is 13.0. The lowest BCUT2D eigenvalue weighted by atomic mass is 9.76. The molecule has 1 fully saturated rings. The van der Waals surface area contributed by atoms with Crippen LogP contribution < -0.4 is 5.69 Å². The highest BCUT2D eigenvalue weighted by atomic mass is 19.2. The van der Waals surface area contributed by atoms with Crippen LogP contribution in [-0.4, -0.2) is 52.6 Å². The van der Waals surface area contributed by atoms with Gasteiger partial charge in [0.05, 0.1) is 11.1 Å². The molecule has 206 valence electrons. The van der Waals surface area contributed by atoms with E-state index in [2.05, 4.69) is 15.0 Å². The van der Waals surface area contributed by atoms with E-state index in [-0.39, 0.29) is 17.6 Å². The quantitative estimate of drug-likeness (QED) is 0.332. The highest BCUT2D eigenvalue weighted by Gasteiger charge is 2.60. The molecule has 3 unspecified atom stereocenters. The molecule has 1 aliphatic carbocycles. The number of fused-ring (bicyclic) bond motifs is 2. The van der Waals surface area contributed by atoms with Crippen molar-refractivity contribution in [1.82, 2.24) is 24.4 Å². The molecule has 0 radical (unpaired) electrons. The topological polar surface area (TPSA) is 141 Å². The summed E-state index contributed by atoms with van der Waals surface area (Å²) in [4.78, 5) is 52.0. The number of halogens is 2. The summed E-state index contributed by atoms with van der Waals surface area (Å²) in [7, 11) is 0. The number of carboxylic acid groups (broad SMARTS) is 1. The molecule has 40 heavy (non-hydrogen) atoms. The zero-order valence-corrected chi connectivity index (χ0v) is 21.1. The zero-order valence-electron chi connectivity index (χ0n) is 21.1. The molecule has 3 aromatic heterocycles. The second-order valence-corrected chi connectivity index (χ2v) is 10.2. The fourth-order valence-corrected chi connectivity index (χ4v) is 6.37. The number of H-pyrrole nitrogens is 1. The van der Waals surface area contributed by atoms with E-state index in [0.717, 1.165) is 34.8 Å². The minimum absolute atomic E-state index is 0.180. The lowest BCUT2D eigenvalue weighted by Crippen LogP contribution is -2.66. The van der Waals surface area contributed by atoms with Gasteiger partial charge in [-0.25, -0.2) is 23.4 Å². The molecule has 12 heteroatoms. The second-order valence-electron chi connectivity index (χ2n) is 10.2. The van der Waals surface area contributed by atoms with Crippen LogP contribution in [0.15, 0.2) is 59.7 Å². The van der Waals surface area contributed by atoms with Gasteiger partial charge in [-0.05, 0) is 55.5 Å². The smallest absolute Gasteiger partial charge is 0.410 e. The first-order valence-electron chi connectivity index (χ1n) is 13.0. The Balaban J connectivity index is 1.62. The van der Waals surface area contributed by atoms with E-state index in [1.807, 2.05) is 6.07 Å². The predicted octanol–water partition coefficient (Wildman–Crippen LogP) is 3.62. The van der Waals surface area contributed by atoms with E-state index in [0.29, 0.717) is 29.9 Å². The maximum absolute atomic E-state index is 15.3. The number of hydrogen-bond acceptors (Lipinski definition) is 6. The molecule has 4 atom stereocenters. The number of imidazole rings is 1. The van der Waals surface area contributed by atoms with Gasteiger partial charge in [-0.2, -0.15) is 0 Å². The van der Waals surface area contributed by atoms with E-state index in [4.69, 9.17) is 0 Å². The molecular formula is C28H25F2N5O5. The van der Waals surface area contributed by atoms with Crippen molar-refractivity contribution < 1.29 is 28.6 Å². The number of hydrogen-bond donors (Lipinski definition) is 3. The summed E-state index contributed by atoms with van der Waals surface area (Å²) >= 11 is 0. The molecule has 1 amide bonds. The first kappa shape index (κ1) is 25.8. The third-order valence-corrected chi connectivity index (χ3v) is 8.08. The van der Waals surface area contributed by atoms with Gasteiger partial charge in [0.1, 0.15) is 6.04 Å². The van der Waals surface area contributed by atoms with E-state index >= 15 is 4.39 Å². The molecule has 1 aliphatic heterocycles.